The second-order valence-electron chi connectivity index (χ2n) is 9.67. The van der Waals surface area contributed by atoms with E-state index in [1.54, 1.807) is 43.3 Å². The molecular formula is C32H32BrN3O5S. The average molecular weight is 651 g/mol. The molecule has 0 aromatic heterocycles. The van der Waals surface area contributed by atoms with Gasteiger partial charge in [0.15, 0.2) is 0 Å². The number of carbonyl (C=O) groups excluding carboxylic acids is 2. The van der Waals surface area contributed by atoms with E-state index < -0.39 is 28.5 Å². The third-order valence-corrected chi connectivity index (χ3v) is 8.99. The van der Waals surface area contributed by atoms with E-state index in [4.69, 9.17) is 4.74 Å². The molecule has 0 aliphatic heterocycles. The number of para-hydroxylation sites is 1. The van der Waals surface area contributed by atoms with E-state index in [2.05, 4.69) is 21.2 Å². The SMILES string of the molecule is CNC(=O)C(C)N(Cc1ccc(Br)cc1)C(=O)CN(c1ccc(Oc2ccccc2)cc1)S(=O)(=O)c1ccc(C)cc1. The molecule has 4 aromatic carbocycles. The van der Waals surface area contributed by atoms with E-state index in [0.29, 0.717) is 11.5 Å². The van der Waals surface area contributed by atoms with Crippen molar-refractivity contribution in [2.45, 2.75) is 31.3 Å². The summed E-state index contributed by atoms with van der Waals surface area (Å²) < 4.78 is 35.8. The first-order valence-electron chi connectivity index (χ1n) is 13.3. The number of sulfonamides is 1. The van der Waals surface area contributed by atoms with E-state index in [9.17, 15) is 18.0 Å². The molecule has 4 rings (SSSR count). The number of aryl methyl sites for hydroxylation is 1. The molecule has 10 heteroatoms. The fourth-order valence-corrected chi connectivity index (χ4v) is 5.93. The van der Waals surface area contributed by atoms with Crippen molar-refractivity contribution in [2.75, 3.05) is 17.9 Å². The van der Waals surface area contributed by atoms with Crippen LogP contribution >= 0.6 is 15.9 Å². The summed E-state index contributed by atoms with van der Waals surface area (Å²) in [6.45, 7) is 3.07. The first-order valence-corrected chi connectivity index (χ1v) is 15.5. The van der Waals surface area contributed by atoms with Crippen molar-refractivity contribution in [3.8, 4) is 11.5 Å². The van der Waals surface area contributed by atoms with Crippen LogP contribution in [0.25, 0.3) is 0 Å². The summed E-state index contributed by atoms with van der Waals surface area (Å²) in [5.41, 5.74) is 1.97. The van der Waals surface area contributed by atoms with Crippen LogP contribution in [-0.4, -0.2) is 44.8 Å². The normalized spacial score (nSPS) is 11.8. The van der Waals surface area contributed by atoms with Crippen molar-refractivity contribution in [3.63, 3.8) is 0 Å². The summed E-state index contributed by atoms with van der Waals surface area (Å²) >= 11 is 3.41. The predicted molar refractivity (Wildman–Crippen MR) is 167 cm³/mol. The van der Waals surface area contributed by atoms with E-state index in [1.807, 2.05) is 61.5 Å². The van der Waals surface area contributed by atoms with Gasteiger partial charge < -0.3 is 15.0 Å². The van der Waals surface area contributed by atoms with Crippen molar-refractivity contribution in [2.24, 2.45) is 0 Å². The van der Waals surface area contributed by atoms with Crippen molar-refractivity contribution in [1.82, 2.24) is 10.2 Å². The van der Waals surface area contributed by atoms with Crippen LogP contribution in [0.4, 0.5) is 5.69 Å². The number of nitrogens with one attached hydrogen (secondary N) is 1. The van der Waals surface area contributed by atoms with Gasteiger partial charge in [-0.2, -0.15) is 0 Å². The van der Waals surface area contributed by atoms with Crippen LogP contribution in [0.15, 0.2) is 112 Å². The number of halogens is 1. The molecule has 0 spiro atoms. The van der Waals surface area contributed by atoms with Crippen molar-refractivity contribution >= 4 is 43.5 Å². The lowest BCUT2D eigenvalue weighted by Gasteiger charge is -2.31. The number of nitrogens with zero attached hydrogens (tertiary/aromatic N) is 2. The minimum Gasteiger partial charge on any atom is -0.457 e. The molecule has 0 saturated heterocycles. The molecule has 0 bridgehead atoms. The third kappa shape index (κ3) is 7.57. The van der Waals surface area contributed by atoms with Gasteiger partial charge in [0.1, 0.15) is 24.1 Å². The number of ether oxygens (including phenoxy) is 1. The second-order valence-corrected chi connectivity index (χ2v) is 12.5. The molecule has 2 amide bonds. The number of rotatable bonds is 11. The highest BCUT2D eigenvalue weighted by Crippen LogP contribution is 2.29. The smallest absolute Gasteiger partial charge is 0.264 e. The van der Waals surface area contributed by atoms with Crippen molar-refractivity contribution in [1.29, 1.82) is 0 Å². The number of likely N-dealkylation sites (N-methyl/N-ethyl adjacent to an activating group) is 1. The predicted octanol–water partition coefficient (Wildman–Crippen LogP) is 5.91. The van der Waals surface area contributed by atoms with Crippen LogP contribution < -0.4 is 14.4 Å². The van der Waals surface area contributed by atoms with Gasteiger partial charge >= 0.3 is 0 Å². The van der Waals surface area contributed by atoms with Crippen LogP contribution in [0.2, 0.25) is 0 Å². The van der Waals surface area contributed by atoms with Crippen LogP contribution in [0.5, 0.6) is 11.5 Å². The molecule has 1 atom stereocenters. The lowest BCUT2D eigenvalue weighted by Crippen LogP contribution is -2.50. The van der Waals surface area contributed by atoms with Gasteiger partial charge in [-0.15, -0.1) is 0 Å². The molecule has 0 aliphatic carbocycles. The van der Waals surface area contributed by atoms with Gasteiger partial charge in [-0.3, -0.25) is 13.9 Å². The molecule has 218 valence electrons. The first kappa shape index (κ1) is 30.8. The highest BCUT2D eigenvalue weighted by atomic mass is 79.9. The quantitative estimate of drug-likeness (QED) is 0.218. The maximum Gasteiger partial charge on any atom is 0.264 e. The van der Waals surface area contributed by atoms with Gasteiger partial charge in [0, 0.05) is 18.1 Å². The Hall–Kier alpha value is -4.15. The zero-order valence-electron chi connectivity index (χ0n) is 23.5. The fourth-order valence-electron chi connectivity index (χ4n) is 4.25. The number of hydrogen-bond donors (Lipinski definition) is 1. The Morgan fingerprint density at radius 1 is 0.857 bits per heavy atom. The van der Waals surface area contributed by atoms with Gasteiger partial charge in [-0.05, 0) is 80.1 Å². The number of anilines is 1. The Bertz CT molecular complexity index is 1610. The average Bonchev–Trinajstić information content (AvgIpc) is 3.00. The topological polar surface area (TPSA) is 96.0 Å². The Morgan fingerprint density at radius 2 is 1.45 bits per heavy atom. The Morgan fingerprint density at radius 3 is 2.05 bits per heavy atom. The summed E-state index contributed by atoms with van der Waals surface area (Å²) in [5.74, 6) is 0.246. The molecule has 1 unspecified atom stereocenters. The zero-order chi connectivity index (χ0) is 30.3. The molecule has 0 heterocycles. The van der Waals surface area contributed by atoms with Crippen LogP contribution in [0, 0.1) is 6.92 Å². The molecule has 42 heavy (non-hydrogen) atoms. The summed E-state index contributed by atoms with van der Waals surface area (Å²) in [5, 5.41) is 2.58. The van der Waals surface area contributed by atoms with Crippen LogP contribution in [-0.2, 0) is 26.2 Å². The number of hydrogen-bond acceptors (Lipinski definition) is 5. The molecule has 1 N–H and O–H groups in total. The summed E-state index contributed by atoms with van der Waals surface area (Å²) in [4.78, 5) is 28.0. The lowest BCUT2D eigenvalue weighted by atomic mass is 10.1. The lowest BCUT2D eigenvalue weighted by molar-refractivity contribution is -0.139. The third-order valence-electron chi connectivity index (χ3n) is 6.67. The molecule has 0 fully saturated rings. The van der Waals surface area contributed by atoms with Gasteiger partial charge in [-0.1, -0.05) is 64.0 Å². The maximum atomic E-state index is 14.0. The van der Waals surface area contributed by atoms with E-state index in [-0.39, 0.29) is 23.0 Å². The molecule has 0 aliphatic rings. The standard InChI is InChI=1S/C32H32BrN3O5S/c1-23-9-19-30(20-10-23)42(39,40)36(27-15-17-29(18-16-27)41-28-7-5-4-6-8-28)22-31(37)35(24(2)32(38)34-3)21-25-11-13-26(33)14-12-25/h4-20,24H,21-22H2,1-3H3,(H,34,38). The summed E-state index contributed by atoms with van der Waals surface area (Å²) in [7, 11) is -2.67. The van der Waals surface area contributed by atoms with E-state index >= 15 is 0 Å². The monoisotopic (exact) mass is 649 g/mol. The fraction of sp³-hybridized carbons (Fsp3) is 0.188. The minimum atomic E-state index is -4.16. The second kappa shape index (κ2) is 13.7. The summed E-state index contributed by atoms with van der Waals surface area (Å²) in [6.07, 6.45) is 0. The Labute approximate surface area is 255 Å². The maximum absolute atomic E-state index is 14.0. The first-order chi connectivity index (χ1) is 20.1. The zero-order valence-corrected chi connectivity index (χ0v) is 25.9. The van der Waals surface area contributed by atoms with Crippen molar-refractivity contribution in [3.05, 3.63) is 119 Å². The number of amides is 2. The highest BCUT2D eigenvalue weighted by Gasteiger charge is 2.32. The Balaban J connectivity index is 1.69. The largest absolute Gasteiger partial charge is 0.457 e. The van der Waals surface area contributed by atoms with Gasteiger partial charge in [0.05, 0.1) is 10.6 Å². The van der Waals surface area contributed by atoms with Crippen LogP contribution in [0.1, 0.15) is 18.1 Å². The van der Waals surface area contributed by atoms with Gasteiger partial charge in [-0.25, -0.2) is 8.42 Å². The molecule has 4 aromatic rings. The highest BCUT2D eigenvalue weighted by molar-refractivity contribution is 9.10. The van der Waals surface area contributed by atoms with Crippen LogP contribution in [0.3, 0.4) is 0 Å². The van der Waals surface area contributed by atoms with Gasteiger partial charge in [0.25, 0.3) is 10.0 Å². The van der Waals surface area contributed by atoms with E-state index in [0.717, 1.165) is 19.9 Å². The Kier molecular flexibility index (Phi) is 10.0. The summed E-state index contributed by atoms with van der Waals surface area (Å²) in [6, 6.07) is 28.7. The molecular weight excluding hydrogens is 618 g/mol. The molecule has 0 saturated carbocycles. The number of benzene rings is 4. The van der Waals surface area contributed by atoms with E-state index in [1.165, 1.54) is 24.1 Å². The number of carbonyl (C=O) groups is 2. The molecule has 8 nitrogen and oxygen atoms in total. The molecule has 0 radical (unpaired) electrons. The minimum absolute atomic E-state index is 0.0457. The van der Waals surface area contributed by atoms with Gasteiger partial charge in [0.2, 0.25) is 11.8 Å². The van der Waals surface area contributed by atoms with Crippen molar-refractivity contribution < 1.29 is 22.7 Å².